The number of benzene rings is 2. The third-order valence-corrected chi connectivity index (χ3v) is 4.77. The van der Waals surface area contributed by atoms with Crippen molar-refractivity contribution in [2.75, 3.05) is 6.61 Å². The fraction of sp³-hybridized carbons (Fsp3) is 0.350. The molecular formula is C20H23NO3. The van der Waals surface area contributed by atoms with Gasteiger partial charge in [-0.1, -0.05) is 60.7 Å². The molecule has 0 unspecified atom stereocenters. The Labute approximate surface area is 142 Å². The first kappa shape index (κ1) is 16.7. The van der Waals surface area contributed by atoms with Crippen molar-refractivity contribution in [2.45, 2.75) is 30.9 Å². The number of rotatable bonds is 5. The van der Waals surface area contributed by atoms with Crippen molar-refractivity contribution in [3.05, 3.63) is 71.8 Å². The Morgan fingerprint density at radius 2 is 1.54 bits per heavy atom. The first-order valence-electron chi connectivity index (χ1n) is 8.38. The molecule has 1 amide bonds. The molecule has 0 radical (unpaired) electrons. The molecular weight excluding hydrogens is 302 g/mol. The molecule has 0 spiro atoms. The number of amides is 1. The van der Waals surface area contributed by atoms with Gasteiger partial charge in [-0.05, 0) is 24.0 Å². The molecule has 3 N–H and O–H groups in total. The monoisotopic (exact) mass is 325 g/mol. The van der Waals surface area contributed by atoms with Crippen molar-refractivity contribution in [1.29, 1.82) is 0 Å². The van der Waals surface area contributed by atoms with Gasteiger partial charge in [0.05, 0.1) is 12.0 Å². The maximum absolute atomic E-state index is 12.9. The summed E-state index contributed by atoms with van der Waals surface area (Å²) in [5.41, 5.74) is 1.89. The molecule has 0 heterocycles. The summed E-state index contributed by atoms with van der Waals surface area (Å²) in [4.78, 5) is 12.9. The van der Waals surface area contributed by atoms with Crippen LogP contribution in [0, 0.1) is 5.92 Å². The van der Waals surface area contributed by atoms with E-state index in [4.69, 9.17) is 0 Å². The van der Waals surface area contributed by atoms with Gasteiger partial charge in [0.2, 0.25) is 5.91 Å². The zero-order valence-electron chi connectivity index (χ0n) is 13.5. The Bertz CT molecular complexity index is 620. The van der Waals surface area contributed by atoms with Gasteiger partial charge in [-0.15, -0.1) is 0 Å². The van der Waals surface area contributed by atoms with Crippen LogP contribution >= 0.6 is 0 Å². The number of hydrogen-bond acceptors (Lipinski definition) is 3. The van der Waals surface area contributed by atoms with Gasteiger partial charge in [0.25, 0.3) is 0 Å². The Morgan fingerprint density at radius 1 is 1.00 bits per heavy atom. The number of aliphatic hydroxyl groups excluding tert-OH is 2. The second kappa shape index (κ2) is 7.60. The topological polar surface area (TPSA) is 69.6 Å². The van der Waals surface area contributed by atoms with Gasteiger partial charge in [-0.25, -0.2) is 0 Å². The quantitative estimate of drug-likeness (QED) is 0.788. The smallest absolute Gasteiger partial charge is 0.232 e. The van der Waals surface area contributed by atoms with Gasteiger partial charge in [-0.2, -0.15) is 0 Å². The van der Waals surface area contributed by atoms with E-state index in [1.165, 1.54) is 0 Å². The van der Waals surface area contributed by atoms with E-state index in [9.17, 15) is 15.0 Å². The van der Waals surface area contributed by atoms with E-state index in [-0.39, 0.29) is 30.4 Å². The van der Waals surface area contributed by atoms with E-state index in [1.54, 1.807) is 0 Å². The van der Waals surface area contributed by atoms with Crippen molar-refractivity contribution in [1.82, 2.24) is 5.32 Å². The summed E-state index contributed by atoms with van der Waals surface area (Å²) < 4.78 is 0. The fourth-order valence-corrected chi connectivity index (χ4v) is 3.49. The normalized spacial score (nSPS) is 23.4. The highest BCUT2D eigenvalue weighted by molar-refractivity contribution is 5.87. The highest BCUT2D eigenvalue weighted by atomic mass is 16.3. The average molecular weight is 325 g/mol. The molecule has 4 nitrogen and oxygen atoms in total. The maximum Gasteiger partial charge on any atom is 0.232 e. The summed E-state index contributed by atoms with van der Waals surface area (Å²) >= 11 is 0. The van der Waals surface area contributed by atoms with Crippen LogP contribution < -0.4 is 5.32 Å². The van der Waals surface area contributed by atoms with E-state index < -0.39 is 6.10 Å². The van der Waals surface area contributed by atoms with Crippen LogP contribution in [-0.4, -0.2) is 34.9 Å². The predicted molar refractivity (Wildman–Crippen MR) is 92.5 cm³/mol. The molecule has 2 aromatic carbocycles. The first-order valence-corrected chi connectivity index (χ1v) is 8.38. The van der Waals surface area contributed by atoms with Gasteiger partial charge in [0, 0.05) is 18.6 Å². The summed E-state index contributed by atoms with van der Waals surface area (Å²) in [5.74, 6) is -0.594. The van der Waals surface area contributed by atoms with Gasteiger partial charge < -0.3 is 15.5 Å². The minimum absolute atomic E-state index is 0.0473. The maximum atomic E-state index is 12.9. The molecule has 1 fully saturated rings. The number of aliphatic hydroxyl groups is 2. The molecule has 0 aliphatic heterocycles. The second-order valence-corrected chi connectivity index (χ2v) is 6.44. The lowest BCUT2D eigenvalue weighted by Crippen LogP contribution is -2.37. The Kier molecular flexibility index (Phi) is 5.28. The van der Waals surface area contributed by atoms with E-state index in [0.717, 1.165) is 11.1 Å². The molecule has 0 saturated heterocycles. The SMILES string of the molecule is O=C(N[C@@H]1C[C@H](CO)[C@H](O)C1)C(c1ccccc1)c1ccccc1. The van der Waals surface area contributed by atoms with E-state index >= 15 is 0 Å². The van der Waals surface area contributed by atoms with Gasteiger partial charge in [0.15, 0.2) is 0 Å². The van der Waals surface area contributed by atoms with Crippen LogP contribution in [0.15, 0.2) is 60.7 Å². The Balaban J connectivity index is 1.80. The van der Waals surface area contributed by atoms with Crippen LogP contribution in [0.25, 0.3) is 0 Å². The minimum Gasteiger partial charge on any atom is -0.396 e. The molecule has 2 aromatic rings. The third-order valence-electron chi connectivity index (χ3n) is 4.77. The molecule has 0 bridgehead atoms. The Hall–Kier alpha value is -2.17. The van der Waals surface area contributed by atoms with E-state index in [2.05, 4.69) is 5.32 Å². The summed E-state index contributed by atoms with van der Waals surface area (Å²) in [6, 6.07) is 19.3. The zero-order chi connectivity index (χ0) is 16.9. The molecule has 3 rings (SSSR count). The van der Waals surface area contributed by atoms with Crippen LogP contribution in [0.3, 0.4) is 0 Å². The van der Waals surface area contributed by atoms with Gasteiger partial charge in [-0.3, -0.25) is 4.79 Å². The van der Waals surface area contributed by atoms with E-state index in [0.29, 0.717) is 12.8 Å². The van der Waals surface area contributed by atoms with Crippen molar-refractivity contribution >= 4 is 5.91 Å². The Morgan fingerprint density at radius 3 is 2.00 bits per heavy atom. The largest absolute Gasteiger partial charge is 0.396 e. The minimum atomic E-state index is -0.549. The lowest BCUT2D eigenvalue weighted by molar-refractivity contribution is -0.122. The van der Waals surface area contributed by atoms with Crippen molar-refractivity contribution in [2.24, 2.45) is 5.92 Å². The van der Waals surface area contributed by atoms with Crippen LogP contribution in [0.4, 0.5) is 0 Å². The summed E-state index contributed by atoms with van der Waals surface area (Å²) in [6.07, 6.45) is 0.555. The number of carbonyl (C=O) groups is 1. The molecule has 0 aromatic heterocycles. The van der Waals surface area contributed by atoms with Crippen molar-refractivity contribution in [3.8, 4) is 0 Å². The third kappa shape index (κ3) is 3.66. The molecule has 1 saturated carbocycles. The van der Waals surface area contributed by atoms with Gasteiger partial charge >= 0.3 is 0 Å². The standard InChI is InChI=1S/C20H23NO3/c22-13-16-11-17(12-18(16)23)21-20(24)19(14-7-3-1-4-8-14)15-9-5-2-6-10-15/h1-10,16-19,22-23H,11-13H2,(H,21,24)/t16-,17-,18-/m1/s1. The summed E-state index contributed by atoms with van der Waals surface area (Å²) in [7, 11) is 0. The predicted octanol–water partition coefficient (Wildman–Crippen LogP) is 2.07. The van der Waals surface area contributed by atoms with Crippen molar-refractivity contribution < 1.29 is 15.0 Å². The molecule has 126 valence electrons. The van der Waals surface area contributed by atoms with Gasteiger partial charge in [0.1, 0.15) is 0 Å². The average Bonchev–Trinajstić information content (AvgIpc) is 2.96. The molecule has 24 heavy (non-hydrogen) atoms. The summed E-state index contributed by atoms with van der Waals surface area (Å²) in [6.45, 7) is -0.0473. The molecule has 1 aliphatic carbocycles. The van der Waals surface area contributed by atoms with E-state index in [1.807, 2.05) is 60.7 Å². The van der Waals surface area contributed by atoms with Crippen LogP contribution in [-0.2, 0) is 4.79 Å². The molecule has 1 aliphatic rings. The second-order valence-electron chi connectivity index (χ2n) is 6.44. The number of nitrogens with one attached hydrogen (secondary N) is 1. The summed E-state index contributed by atoms with van der Waals surface area (Å²) in [5, 5.41) is 22.3. The molecule has 4 heteroatoms. The zero-order valence-corrected chi connectivity index (χ0v) is 13.5. The van der Waals surface area contributed by atoms with Crippen LogP contribution in [0.1, 0.15) is 29.9 Å². The van der Waals surface area contributed by atoms with Crippen molar-refractivity contribution in [3.63, 3.8) is 0 Å². The highest BCUT2D eigenvalue weighted by Crippen LogP contribution is 2.29. The lowest BCUT2D eigenvalue weighted by atomic mass is 9.90. The number of carbonyl (C=O) groups excluding carboxylic acids is 1. The molecule has 3 atom stereocenters. The first-order chi connectivity index (χ1) is 11.7. The lowest BCUT2D eigenvalue weighted by Gasteiger charge is -2.21. The number of hydrogen-bond donors (Lipinski definition) is 3. The fourth-order valence-electron chi connectivity index (χ4n) is 3.49. The highest BCUT2D eigenvalue weighted by Gasteiger charge is 2.34. The van der Waals surface area contributed by atoms with Crippen LogP contribution in [0.5, 0.6) is 0 Å². The van der Waals surface area contributed by atoms with Crippen LogP contribution in [0.2, 0.25) is 0 Å².